The van der Waals surface area contributed by atoms with Crippen molar-refractivity contribution in [3.63, 3.8) is 0 Å². The van der Waals surface area contributed by atoms with Crippen molar-refractivity contribution in [2.75, 3.05) is 11.9 Å². The van der Waals surface area contributed by atoms with Crippen LogP contribution in [0.25, 0.3) is 5.57 Å². The number of benzene rings is 1. The number of rotatable bonds is 2. The number of anilines is 1. The van der Waals surface area contributed by atoms with Gasteiger partial charge in [0.25, 0.3) is 0 Å². The minimum Gasteiger partial charge on any atom is -0.457 e. The number of carbonyl (C=O) groups excluding carboxylic acids is 1. The lowest BCUT2D eigenvalue weighted by atomic mass is 10.0. The highest BCUT2D eigenvalue weighted by atomic mass is 16.5. The summed E-state index contributed by atoms with van der Waals surface area (Å²) in [6.07, 6.45) is 1.40. The Morgan fingerprint density at radius 3 is 3.00 bits per heavy atom. The van der Waals surface area contributed by atoms with Crippen LogP contribution in [0.2, 0.25) is 0 Å². The Bertz CT molecular complexity index is 532. The molecule has 2 rings (SSSR count). The van der Waals surface area contributed by atoms with Crippen molar-refractivity contribution in [1.82, 2.24) is 0 Å². The Balaban J connectivity index is 2.23. The topological polar surface area (TPSA) is 47.6 Å². The molecule has 0 unspecified atom stereocenters. The Kier molecular flexibility index (Phi) is 3.37. The second-order valence-electron chi connectivity index (χ2n) is 3.95. The first kappa shape index (κ1) is 12.2. The van der Waals surface area contributed by atoms with E-state index in [2.05, 4.69) is 11.9 Å². The van der Waals surface area contributed by atoms with Crippen LogP contribution < -0.4 is 10.1 Å². The van der Waals surface area contributed by atoms with E-state index in [-0.39, 0.29) is 0 Å². The van der Waals surface area contributed by atoms with Crippen LogP contribution in [0.1, 0.15) is 19.4 Å². The molecule has 1 amide bonds. The molecule has 1 N–H and O–H groups in total. The molecule has 1 aliphatic heterocycles. The van der Waals surface area contributed by atoms with Gasteiger partial charge in [-0.15, -0.1) is 0 Å². The smallest absolute Gasteiger partial charge is 0.411 e. The molecule has 0 fully saturated rings. The van der Waals surface area contributed by atoms with E-state index in [1.54, 1.807) is 13.0 Å². The number of allylic oxidation sites excluding steroid dienone is 2. The van der Waals surface area contributed by atoms with Gasteiger partial charge in [0, 0.05) is 17.3 Å². The van der Waals surface area contributed by atoms with E-state index < -0.39 is 6.09 Å². The normalized spacial score (nSPS) is 13.2. The summed E-state index contributed by atoms with van der Waals surface area (Å²) in [7, 11) is 0. The average Bonchev–Trinajstić information content (AvgIpc) is 2.28. The first-order chi connectivity index (χ1) is 8.60. The fourth-order valence-corrected chi connectivity index (χ4v) is 1.79. The van der Waals surface area contributed by atoms with Crippen LogP contribution in [0.5, 0.6) is 5.75 Å². The second-order valence-corrected chi connectivity index (χ2v) is 3.95. The van der Waals surface area contributed by atoms with Crippen LogP contribution >= 0.6 is 0 Å². The Labute approximate surface area is 106 Å². The average molecular weight is 245 g/mol. The number of hydrogen-bond donors (Lipinski definition) is 1. The number of nitrogens with one attached hydrogen (secondary N) is 1. The fraction of sp³-hybridized carbons (Fsp3) is 0.214. The highest BCUT2D eigenvalue weighted by molar-refractivity contribution is 5.86. The van der Waals surface area contributed by atoms with E-state index in [1.807, 2.05) is 25.1 Å². The third kappa shape index (κ3) is 2.53. The number of fused-ring (bicyclic) bond motifs is 1. The maximum Gasteiger partial charge on any atom is 0.411 e. The zero-order chi connectivity index (χ0) is 13.1. The minimum absolute atomic E-state index is 0.339. The third-order valence-electron chi connectivity index (χ3n) is 2.55. The molecule has 1 aromatic rings. The van der Waals surface area contributed by atoms with Gasteiger partial charge in [-0.1, -0.05) is 6.58 Å². The van der Waals surface area contributed by atoms with Gasteiger partial charge in [0.05, 0.1) is 6.61 Å². The quantitative estimate of drug-likeness (QED) is 0.866. The summed E-state index contributed by atoms with van der Waals surface area (Å²) in [4.78, 5) is 11.3. The second kappa shape index (κ2) is 4.96. The Hall–Kier alpha value is -2.23. The summed E-state index contributed by atoms with van der Waals surface area (Å²) in [5.74, 6) is 1.28. The molecule has 18 heavy (non-hydrogen) atoms. The van der Waals surface area contributed by atoms with Gasteiger partial charge in [-0.2, -0.15) is 0 Å². The summed E-state index contributed by atoms with van der Waals surface area (Å²) < 4.78 is 10.3. The molecule has 1 heterocycles. The molecular formula is C14H15NO3. The molecular weight excluding hydrogens is 230 g/mol. The van der Waals surface area contributed by atoms with Crippen LogP contribution in [0.3, 0.4) is 0 Å². The predicted octanol–water partition coefficient (Wildman–Crippen LogP) is 3.56. The molecule has 4 heteroatoms. The summed E-state index contributed by atoms with van der Waals surface area (Å²) in [5.41, 5.74) is 2.72. The summed E-state index contributed by atoms with van der Waals surface area (Å²) in [6.45, 7) is 7.86. The molecule has 0 radical (unpaired) electrons. The van der Waals surface area contributed by atoms with Crippen molar-refractivity contribution in [3.05, 3.63) is 42.2 Å². The van der Waals surface area contributed by atoms with E-state index in [0.717, 1.165) is 11.1 Å². The molecule has 0 spiro atoms. The number of amides is 1. The summed E-state index contributed by atoms with van der Waals surface area (Å²) in [6, 6.07) is 5.47. The molecule has 0 bridgehead atoms. The van der Waals surface area contributed by atoms with Crippen LogP contribution in [0.4, 0.5) is 10.5 Å². The van der Waals surface area contributed by atoms with Gasteiger partial charge in [0.2, 0.25) is 0 Å². The van der Waals surface area contributed by atoms with Crippen molar-refractivity contribution in [1.29, 1.82) is 0 Å². The van der Waals surface area contributed by atoms with Crippen molar-refractivity contribution < 1.29 is 14.3 Å². The van der Waals surface area contributed by atoms with Crippen molar-refractivity contribution >= 4 is 17.4 Å². The zero-order valence-electron chi connectivity index (χ0n) is 10.4. The highest BCUT2D eigenvalue weighted by Gasteiger charge is 2.14. The Morgan fingerprint density at radius 1 is 1.50 bits per heavy atom. The van der Waals surface area contributed by atoms with E-state index in [1.165, 1.54) is 0 Å². The van der Waals surface area contributed by atoms with Gasteiger partial charge >= 0.3 is 6.09 Å². The van der Waals surface area contributed by atoms with Gasteiger partial charge in [0.15, 0.2) is 0 Å². The predicted molar refractivity (Wildman–Crippen MR) is 70.5 cm³/mol. The van der Waals surface area contributed by atoms with Crippen LogP contribution in [-0.2, 0) is 4.74 Å². The summed E-state index contributed by atoms with van der Waals surface area (Å²) >= 11 is 0. The maximum atomic E-state index is 11.3. The molecule has 94 valence electrons. The summed E-state index contributed by atoms with van der Waals surface area (Å²) in [5, 5.41) is 2.63. The lowest BCUT2D eigenvalue weighted by Crippen LogP contribution is -2.13. The Morgan fingerprint density at radius 2 is 2.28 bits per heavy atom. The molecule has 0 saturated carbocycles. The third-order valence-corrected chi connectivity index (χ3v) is 2.55. The zero-order valence-corrected chi connectivity index (χ0v) is 10.4. The van der Waals surface area contributed by atoms with Crippen LogP contribution in [-0.4, -0.2) is 12.7 Å². The monoisotopic (exact) mass is 245 g/mol. The molecule has 0 atom stereocenters. The lowest BCUT2D eigenvalue weighted by Gasteiger charge is -2.18. The van der Waals surface area contributed by atoms with Gasteiger partial charge in [-0.3, -0.25) is 5.32 Å². The number of hydrogen-bond acceptors (Lipinski definition) is 3. The van der Waals surface area contributed by atoms with E-state index in [9.17, 15) is 4.79 Å². The first-order valence-corrected chi connectivity index (χ1v) is 5.73. The van der Waals surface area contributed by atoms with E-state index in [4.69, 9.17) is 9.47 Å². The maximum absolute atomic E-state index is 11.3. The van der Waals surface area contributed by atoms with Crippen molar-refractivity contribution in [2.45, 2.75) is 13.8 Å². The molecule has 0 saturated heterocycles. The van der Waals surface area contributed by atoms with E-state index in [0.29, 0.717) is 23.8 Å². The van der Waals surface area contributed by atoms with Gasteiger partial charge in [-0.25, -0.2) is 4.79 Å². The van der Waals surface area contributed by atoms with E-state index >= 15 is 0 Å². The molecule has 4 nitrogen and oxygen atoms in total. The molecule has 0 aliphatic carbocycles. The standard InChI is InChI=1S/C14H15NO3/c1-4-17-14(16)15-11-5-6-12-9(2)7-10(3)18-13(12)8-11/h5-8H,3-4H2,1-2H3,(H,15,16). The molecule has 1 aromatic carbocycles. The van der Waals surface area contributed by atoms with Gasteiger partial charge < -0.3 is 9.47 Å². The van der Waals surface area contributed by atoms with Gasteiger partial charge in [0.1, 0.15) is 11.5 Å². The lowest BCUT2D eigenvalue weighted by molar-refractivity contribution is 0.168. The number of carbonyl (C=O) groups is 1. The largest absolute Gasteiger partial charge is 0.457 e. The molecule has 0 aromatic heterocycles. The first-order valence-electron chi connectivity index (χ1n) is 5.73. The van der Waals surface area contributed by atoms with Crippen LogP contribution in [0, 0.1) is 0 Å². The SMILES string of the molecule is C=C1C=C(C)c2ccc(NC(=O)OCC)cc2O1. The van der Waals surface area contributed by atoms with Crippen LogP contribution in [0.15, 0.2) is 36.6 Å². The van der Waals surface area contributed by atoms with Crippen molar-refractivity contribution in [2.24, 2.45) is 0 Å². The van der Waals surface area contributed by atoms with Gasteiger partial charge in [-0.05, 0) is 37.6 Å². The highest BCUT2D eigenvalue weighted by Crippen LogP contribution is 2.34. The fourth-order valence-electron chi connectivity index (χ4n) is 1.79. The number of ether oxygens (including phenoxy) is 2. The van der Waals surface area contributed by atoms with Crippen molar-refractivity contribution in [3.8, 4) is 5.75 Å². The minimum atomic E-state index is -0.473. The molecule has 1 aliphatic rings.